The van der Waals surface area contributed by atoms with E-state index in [1.54, 1.807) is 13.8 Å². The van der Waals surface area contributed by atoms with Crippen molar-refractivity contribution >= 4 is 28.2 Å². The van der Waals surface area contributed by atoms with Crippen LogP contribution in [0.1, 0.15) is 41.3 Å². The topological polar surface area (TPSA) is 54.0 Å². The van der Waals surface area contributed by atoms with Crippen molar-refractivity contribution in [1.29, 1.82) is 0 Å². The summed E-state index contributed by atoms with van der Waals surface area (Å²) in [6, 6.07) is 11.7. The van der Waals surface area contributed by atoms with Gasteiger partial charge in [-0.15, -0.1) is 0 Å². The molecule has 0 atom stereocenters. The first kappa shape index (κ1) is 19.7. The Morgan fingerprint density at radius 2 is 1.79 bits per heavy atom. The molecule has 0 aliphatic carbocycles. The molecular formula is C21H20F3N3O. The van der Waals surface area contributed by atoms with Gasteiger partial charge >= 0.3 is 6.18 Å². The fourth-order valence-electron chi connectivity index (χ4n) is 3.09. The molecule has 0 spiro atoms. The van der Waals surface area contributed by atoms with Crippen LogP contribution < -0.4 is 10.6 Å². The van der Waals surface area contributed by atoms with Crippen molar-refractivity contribution in [2.24, 2.45) is 0 Å². The molecule has 1 aromatic heterocycles. The van der Waals surface area contributed by atoms with Crippen molar-refractivity contribution in [2.45, 2.75) is 25.9 Å². The summed E-state index contributed by atoms with van der Waals surface area (Å²) in [5.74, 6) is -0.729. The molecule has 3 aromatic rings. The van der Waals surface area contributed by atoms with Gasteiger partial charge in [-0.2, -0.15) is 13.2 Å². The van der Waals surface area contributed by atoms with Crippen LogP contribution in [-0.4, -0.2) is 17.9 Å². The van der Waals surface area contributed by atoms with E-state index in [0.29, 0.717) is 16.8 Å². The lowest BCUT2D eigenvalue weighted by molar-refractivity contribution is -0.138. The summed E-state index contributed by atoms with van der Waals surface area (Å²) >= 11 is 0. The average Bonchev–Trinajstić information content (AvgIpc) is 2.66. The minimum Gasteiger partial charge on any atom is -0.355 e. The minimum atomic E-state index is -4.48. The first-order chi connectivity index (χ1) is 13.2. The molecule has 4 nitrogen and oxygen atoms in total. The van der Waals surface area contributed by atoms with Gasteiger partial charge in [-0.25, -0.2) is 0 Å². The second-order valence-corrected chi connectivity index (χ2v) is 6.73. The molecule has 1 heterocycles. The van der Waals surface area contributed by atoms with E-state index in [2.05, 4.69) is 15.6 Å². The number of anilines is 2. The number of alkyl halides is 3. The largest absolute Gasteiger partial charge is 0.416 e. The first-order valence-electron chi connectivity index (χ1n) is 8.80. The summed E-state index contributed by atoms with van der Waals surface area (Å²) in [6.07, 6.45) is -3.19. The van der Waals surface area contributed by atoms with Gasteiger partial charge in [0.15, 0.2) is 0 Å². The third-order valence-electron chi connectivity index (χ3n) is 4.48. The molecule has 2 N–H and O–H groups in total. The zero-order chi connectivity index (χ0) is 20.5. The van der Waals surface area contributed by atoms with E-state index in [1.165, 1.54) is 19.3 Å². The number of carbonyl (C=O) groups is 1. The zero-order valence-electron chi connectivity index (χ0n) is 15.7. The summed E-state index contributed by atoms with van der Waals surface area (Å²) in [4.78, 5) is 16.5. The molecule has 0 aliphatic heterocycles. The van der Waals surface area contributed by atoms with Crippen molar-refractivity contribution in [3.63, 3.8) is 0 Å². The number of halogens is 3. The van der Waals surface area contributed by atoms with Crippen LogP contribution in [0.2, 0.25) is 0 Å². The predicted octanol–water partition coefficient (Wildman–Crippen LogP) is 5.48. The Hall–Kier alpha value is -3.09. The molecule has 0 bridgehead atoms. The van der Waals surface area contributed by atoms with E-state index in [9.17, 15) is 18.0 Å². The molecule has 0 fully saturated rings. The van der Waals surface area contributed by atoms with Crippen LogP contribution in [0.15, 0.2) is 48.7 Å². The highest BCUT2D eigenvalue weighted by molar-refractivity contribution is 6.08. The number of carbonyl (C=O) groups excluding carboxylic acids is 1. The molecule has 0 saturated carbocycles. The van der Waals surface area contributed by atoms with E-state index >= 15 is 0 Å². The average molecular weight is 387 g/mol. The van der Waals surface area contributed by atoms with Gasteiger partial charge in [0.25, 0.3) is 5.91 Å². The first-order valence-corrected chi connectivity index (χ1v) is 8.80. The quantitative estimate of drug-likeness (QED) is 0.623. The van der Waals surface area contributed by atoms with Gasteiger partial charge in [-0.1, -0.05) is 32.0 Å². The van der Waals surface area contributed by atoms with Crippen LogP contribution in [0.25, 0.3) is 10.9 Å². The van der Waals surface area contributed by atoms with Gasteiger partial charge in [0.2, 0.25) is 0 Å². The Morgan fingerprint density at radius 3 is 2.36 bits per heavy atom. The molecule has 0 radical (unpaired) electrons. The molecule has 146 valence electrons. The number of nitrogens with zero attached hydrogens (tertiary/aromatic N) is 1. The number of rotatable bonds is 4. The zero-order valence-corrected chi connectivity index (χ0v) is 15.7. The minimum absolute atomic E-state index is 0.159. The molecule has 3 rings (SSSR count). The number of hydrogen-bond donors (Lipinski definition) is 2. The van der Waals surface area contributed by atoms with Gasteiger partial charge in [0, 0.05) is 24.3 Å². The second-order valence-electron chi connectivity index (χ2n) is 6.73. The lowest BCUT2D eigenvalue weighted by atomic mass is 9.93. The lowest BCUT2D eigenvalue weighted by Gasteiger charge is -2.19. The molecule has 0 aliphatic rings. The standard InChI is InChI=1S/C21H20F3N3O/c1-12(2)14-9-15-18(10-17(14)21(22,23)24)26-11-16(20(28)25-3)19(15)27-13-7-5-4-6-8-13/h4-12H,1-3H3,(H,25,28)(H,26,27). The summed E-state index contributed by atoms with van der Waals surface area (Å²) in [6.45, 7) is 3.41. The van der Waals surface area contributed by atoms with Crippen molar-refractivity contribution in [1.82, 2.24) is 10.3 Å². The highest BCUT2D eigenvalue weighted by Gasteiger charge is 2.35. The predicted molar refractivity (Wildman–Crippen MR) is 104 cm³/mol. The maximum absolute atomic E-state index is 13.5. The smallest absolute Gasteiger partial charge is 0.355 e. The maximum Gasteiger partial charge on any atom is 0.416 e. The van der Waals surface area contributed by atoms with Gasteiger partial charge < -0.3 is 10.6 Å². The number of para-hydroxylation sites is 1. The number of hydrogen-bond acceptors (Lipinski definition) is 3. The molecule has 0 unspecified atom stereocenters. The highest BCUT2D eigenvalue weighted by atomic mass is 19.4. The number of fused-ring (bicyclic) bond motifs is 1. The Balaban J connectivity index is 2.32. The second kappa shape index (κ2) is 7.50. The molecule has 0 saturated heterocycles. The Morgan fingerprint density at radius 1 is 1.11 bits per heavy atom. The van der Waals surface area contributed by atoms with Crippen LogP contribution in [0, 0.1) is 0 Å². The number of amides is 1. The molecular weight excluding hydrogens is 367 g/mol. The third-order valence-corrected chi connectivity index (χ3v) is 4.48. The molecule has 1 amide bonds. The number of nitrogens with one attached hydrogen (secondary N) is 2. The highest BCUT2D eigenvalue weighted by Crippen LogP contribution is 2.39. The summed E-state index contributed by atoms with van der Waals surface area (Å²) in [5, 5.41) is 6.18. The number of aromatic nitrogens is 1. The Labute approximate surface area is 160 Å². The fraction of sp³-hybridized carbons (Fsp3) is 0.238. The Kier molecular flexibility index (Phi) is 5.27. The van der Waals surface area contributed by atoms with Crippen LogP contribution >= 0.6 is 0 Å². The maximum atomic E-state index is 13.5. The van der Waals surface area contributed by atoms with E-state index in [-0.39, 0.29) is 28.5 Å². The van der Waals surface area contributed by atoms with Gasteiger partial charge in [0.05, 0.1) is 22.3 Å². The normalized spacial score (nSPS) is 11.7. The lowest BCUT2D eigenvalue weighted by Crippen LogP contribution is -2.20. The van der Waals surface area contributed by atoms with Crippen LogP contribution in [0.3, 0.4) is 0 Å². The van der Waals surface area contributed by atoms with Crippen molar-refractivity contribution in [3.05, 3.63) is 65.4 Å². The monoisotopic (exact) mass is 387 g/mol. The SMILES string of the molecule is CNC(=O)c1cnc2cc(C(F)(F)F)c(C(C)C)cc2c1Nc1ccccc1. The summed E-state index contributed by atoms with van der Waals surface area (Å²) < 4.78 is 40.6. The van der Waals surface area contributed by atoms with Crippen LogP contribution in [0.5, 0.6) is 0 Å². The van der Waals surface area contributed by atoms with Crippen molar-refractivity contribution in [2.75, 3.05) is 12.4 Å². The van der Waals surface area contributed by atoms with Gasteiger partial charge in [0.1, 0.15) is 0 Å². The molecule has 28 heavy (non-hydrogen) atoms. The summed E-state index contributed by atoms with van der Waals surface area (Å²) in [7, 11) is 1.49. The fourth-order valence-corrected chi connectivity index (χ4v) is 3.09. The van der Waals surface area contributed by atoms with E-state index in [1.807, 2.05) is 30.3 Å². The van der Waals surface area contributed by atoms with Crippen LogP contribution in [-0.2, 0) is 6.18 Å². The van der Waals surface area contributed by atoms with Crippen molar-refractivity contribution < 1.29 is 18.0 Å². The summed E-state index contributed by atoms with van der Waals surface area (Å²) in [5.41, 5.74) is 1.02. The van der Waals surface area contributed by atoms with Crippen molar-refractivity contribution in [3.8, 4) is 0 Å². The van der Waals surface area contributed by atoms with E-state index < -0.39 is 11.7 Å². The third kappa shape index (κ3) is 3.78. The van der Waals surface area contributed by atoms with Gasteiger partial charge in [-0.05, 0) is 35.7 Å². The number of benzene rings is 2. The molecule has 7 heteroatoms. The number of pyridine rings is 1. The van der Waals surface area contributed by atoms with Crippen LogP contribution in [0.4, 0.5) is 24.5 Å². The van der Waals surface area contributed by atoms with Gasteiger partial charge in [-0.3, -0.25) is 9.78 Å². The van der Waals surface area contributed by atoms with E-state index in [4.69, 9.17) is 0 Å². The van der Waals surface area contributed by atoms with E-state index in [0.717, 1.165) is 6.07 Å². The molecule has 2 aromatic carbocycles. The Bertz CT molecular complexity index is 1010.